The molecule has 0 spiro atoms. The Hall–Kier alpha value is -1.14. The first-order valence-electron chi connectivity index (χ1n) is 6.26. The van der Waals surface area contributed by atoms with Gasteiger partial charge < -0.3 is 5.32 Å². The van der Waals surface area contributed by atoms with Crippen LogP contribution in [0.1, 0.15) is 18.0 Å². The normalized spacial score (nSPS) is 18.8. The first-order chi connectivity index (χ1) is 9.08. The lowest BCUT2D eigenvalue weighted by molar-refractivity contribution is 0.0724. The second kappa shape index (κ2) is 6.34. The Balaban J connectivity index is 2.27. The number of hydrogen-bond acceptors (Lipinski definition) is 2. The van der Waals surface area contributed by atoms with Gasteiger partial charge in [-0.05, 0) is 18.2 Å². The van der Waals surface area contributed by atoms with Gasteiger partial charge in [0.2, 0.25) is 6.43 Å². The van der Waals surface area contributed by atoms with E-state index in [2.05, 4.69) is 5.32 Å². The van der Waals surface area contributed by atoms with Crippen LogP contribution in [0.3, 0.4) is 0 Å². The second-order valence-electron chi connectivity index (χ2n) is 4.59. The van der Waals surface area contributed by atoms with E-state index in [0.717, 1.165) is 18.2 Å². The van der Waals surface area contributed by atoms with Crippen molar-refractivity contribution in [3.05, 3.63) is 35.4 Å². The topological polar surface area (TPSA) is 15.3 Å². The summed E-state index contributed by atoms with van der Waals surface area (Å²) >= 11 is 0. The fourth-order valence-corrected chi connectivity index (χ4v) is 2.41. The minimum Gasteiger partial charge on any atom is -0.314 e. The second-order valence-corrected chi connectivity index (χ2v) is 4.59. The Labute approximate surface area is 109 Å². The molecule has 1 aliphatic heterocycles. The van der Waals surface area contributed by atoms with Gasteiger partial charge in [0.05, 0.1) is 0 Å². The molecule has 0 unspecified atom stereocenters. The standard InChI is InChI=1S/C13H16F4N2/c14-9-1-2-11(15)10(7-9)12(8-13(16)17)19-5-3-18-4-6-19/h1-2,7,12-13,18H,3-6,8H2/t12-/m0/s1. The van der Waals surface area contributed by atoms with Gasteiger partial charge in [0, 0.05) is 44.2 Å². The van der Waals surface area contributed by atoms with E-state index in [0.29, 0.717) is 26.2 Å². The fourth-order valence-electron chi connectivity index (χ4n) is 2.41. The molecule has 1 aliphatic rings. The van der Waals surface area contributed by atoms with Gasteiger partial charge in [-0.1, -0.05) is 0 Å². The summed E-state index contributed by atoms with van der Waals surface area (Å²) in [6.45, 7) is 2.42. The molecule has 0 amide bonds. The number of nitrogens with one attached hydrogen (secondary N) is 1. The maximum atomic E-state index is 13.8. The predicted octanol–water partition coefficient (Wildman–Crippen LogP) is 2.57. The number of benzene rings is 1. The average Bonchev–Trinajstić information content (AvgIpc) is 2.40. The lowest BCUT2D eigenvalue weighted by Gasteiger charge is -2.35. The minimum absolute atomic E-state index is 0.0159. The van der Waals surface area contributed by atoms with Crippen LogP contribution in [-0.2, 0) is 0 Å². The van der Waals surface area contributed by atoms with Crippen molar-refractivity contribution < 1.29 is 17.6 Å². The Bertz CT molecular complexity index is 419. The zero-order chi connectivity index (χ0) is 13.8. The van der Waals surface area contributed by atoms with Crippen molar-refractivity contribution in [2.24, 2.45) is 0 Å². The Kier molecular flexibility index (Phi) is 4.76. The van der Waals surface area contributed by atoms with E-state index in [1.54, 1.807) is 4.90 Å². The highest BCUT2D eigenvalue weighted by Gasteiger charge is 2.27. The number of piperazine rings is 1. The van der Waals surface area contributed by atoms with Crippen LogP contribution in [0.2, 0.25) is 0 Å². The highest BCUT2D eigenvalue weighted by molar-refractivity contribution is 5.22. The van der Waals surface area contributed by atoms with Crippen LogP contribution in [0.25, 0.3) is 0 Å². The third-order valence-corrected chi connectivity index (χ3v) is 3.31. The van der Waals surface area contributed by atoms with Gasteiger partial charge >= 0.3 is 0 Å². The van der Waals surface area contributed by atoms with E-state index in [1.807, 2.05) is 0 Å². The van der Waals surface area contributed by atoms with Crippen molar-refractivity contribution in [1.29, 1.82) is 0 Å². The zero-order valence-electron chi connectivity index (χ0n) is 10.4. The molecule has 1 aromatic carbocycles. The molecule has 0 aromatic heterocycles. The van der Waals surface area contributed by atoms with Crippen LogP contribution < -0.4 is 5.32 Å². The highest BCUT2D eigenvalue weighted by Crippen LogP contribution is 2.30. The zero-order valence-corrected chi connectivity index (χ0v) is 10.4. The molecule has 1 aromatic rings. The van der Waals surface area contributed by atoms with E-state index in [1.165, 1.54) is 0 Å². The lowest BCUT2D eigenvalue weighted by atomic mass is 10.0. The molecule has 1 saturated heterocycles. The van der Waals surface area contributed by atoms with Gasteiger partial charge in [0.25, 0.3) is 0 Å². The van der Waals surface area contributed by atoms with Crippen molar-refractivity contribution in [2.45, 2.75) is 18.9 Å². The monoisotopic (exact) mass is 276 g/mol. The first kappa shape index (κ1) is 14.3. The molecule has 2 rings (SSSR count). The first-order valence-corrected chi connectivity index (χ1v) is 6.26. The SMILES string of the molecule is Fc1ccc(F)c([C@H](CC(F)F)N2CCNCC2)c1. The molecule has 1 fully saturated rings. The van der Waals surface area contributed by atoms with Crippen molar-refractivity contribution >= 4 is 0 Å². The van der Waals surface area contributed by atoms with Crippen LogP contribution >= 0.6 is 0 Å². The van der Waals surface area contributed by atoms with Crippen molar-refractivity contribution in [2.75, 3.05) is 26.2 Å². The fraction of sp³-hybridized carbons (Fsp3) is 0.538. The number of halogens is 4. The highest BCUT2D eigenvalue weighted by atomic mass is 19.3. The smallest absolute Gasteiger partial charge is 0.240 e. The van der Waals surface area contributed by atoms with Crippen LogP contribution in [0.4, 0.5) is 17.6 Å². The summed E-state index contributed by atoms with van der Waals surface area (Å²) in [7, 11) is 0. The summed E-state index contributed by atoms with van der Waals surface area (Å²) in [5, 5.41) is 3.10. The lowest BCUT2D eigenvalue weighted by Crippen LogP contribution is -2.45. The third kappa shape index (κ3) is 3.67. The quantitative estimate of drug-likeness (QED) is 0.850. The van der Waals surface area contributed by atoms with Gasteiger partial charge in [0.1, 0.15) is 11.6 Å². The van der Waals surface area contributed by atoms with E-state index in [-0.39, 0.29) is 5.56 Å². The predicted molar refractivity (Wildman–Crippen MR) is 64.2 cm³/mol. The molecule has 0 radical (unpaired) electrons. The molecular weight excluding hydrogens is 260 g/mol. The molecule has 2 nitrogen and oxygen atoms in total. The van der Waals surface area contributed by atoms with Gasteiger partial charge in [-0.2, -0.15) is 0 Å². The van der Waals surface area contributed by atoms with E-state index < -0.39 is 30.5 Å². The Morgan fingerprint density at radius 1 is 1.16 bits per heavy atom. The molecule has 1 N–H and O–H groups in total. The summed E-state index contributed by atoms with van der Waals surface area (Å²) < 4.78 is 52.4. The Morgan fingerprint density at radius 3 is 2.47 bits per heavy atom. The van der Waals surface area contributed by atoms with Gasteiger partial charge in [-0.25, -0.2) is 17.6 Å². The number of alkyl halides is 2. The summed E-state index contributed by atoms with van der Waals surface area (Å²) in [5.41, 5.74) is 0.0159. The summed E-state index contributed by atoms with van der Waals surface area (Å²) in [6, 6.07) is 2.23. The molecule has 1 heterocycles. The maximum Gasteiger partial charge on any atom is 0.240 e. The van der Waals surface area contributed by atoms with Gasteiger partial charge in [0.15, 0.2) is 0 Å². The van der Waals surface area contributed by atoms with Crippen LogP contribution in [0.5, 0.6) is 0 Å². The van der Waals surface area contributed by atoms with Crippen molar-refractivity contribution in [3.8, 4) is 0 Å². The van der Waals surface area contributed by atoms with E-state index in [9.17, 15) is 17.6 Å². The number of nitrogens with zero attached hydrogens (tertiary/aromatic N) is 1. The minimum atomic E-state index is -2.55. The molecule has 0 aliphatic carbocycles. The van der Waals surface area contributed by atoms with Crippen LogP contribution in [0.15, 0.2) is 18.2 Å². The third-order valence-electron chi connectivity index (χ3n) is 3.31. The molecule has 0 saturated carbocycles. The van der Waals surface area contributed by atoms with E-state index in [4.69, 9.17) is 0 Å². The average molecular weight is 276 g/mol. The molecule has 19 heavy (non-hydrogen) atoms. The maximum absolute atomic E-state index is 13.8. The molecule has 6 heteroatoms. The largest absolute Gasteiger partial charge is 0.314 e. The number of rotatable bonds is 4. The van der Waals surface area contributed by atoms with Crippen molar-refractivity contribution in [3.63, 3.8) is 0 Å². The Morgan fingerprint density at radius 2 is 1.84 bits per heavy atom. The van der Waals surface area contributed by atoms with Crippen LogP contribution in [0, 0.1) is 11.6 Å². The molecule has 0 bridgehead atoms. The van der Waals surface area contributed by atoms with Crippen molar-refractivity contribution in [1.82, 2.24) is 10.2 Å². The van der Waals surface area contributed by atoms with Crippen LogP contribution in [-0.4, -0.2) is 37.5 Å². The number of hydrogen-bond donors (Lipinski definition) is 1. The molecule has 106 valence electrons. The summed E-state index contributed by atoms with van der Waals surface area (Å²) in [5.74, 6) is -1.24. The summed E-state index contributed by atoms with van der Waals surface area (Å²) in [4.78, 5) is 1.78. The molecule has 1 atom stereocenters. The van der Waals surface area contributed by atoms with E-state index >= 15 is 0 Å². The molecular formula is C13H16F4N2. The summed E-state index contributed by atoms with van der Waals surface area (Å²) in [6.07, 6.45) is -3.04. The van der Waals surface area contributed by atoms with Gasteiger partial charge in [-0.3, -0.25) is 4.90 Å². The van der Waals surface area contributed by atoms with Gasteiger partial charge in [-0.15, -0.1) is 0 Å².